The topological polar surface area (TPSA) is 107 Å². The second-order valence-electron chi connectivity index (χ2n) is 8.06. The van der Waals surface area contributed by atoms with Crippen molar-refractivity contribution in [2.24, 2.45) is 0 Å². The lowest BCUT2D eigenvalue weighted by Crippen LogP contribution is -2.17. The third-order valence-corrected chi connectivity index (χ3v) is 6.69. The van der Waals surface area contributed by atoms with E-state index in [1.165, 1.54) is 24.5 Å². The van der Waals surface area contributed by atoms with Gasteiger partial charge in [0.1, 0.15) is 12.4 Å². The van der Waals surface area contributed by atoms with Gasteiger partial charge in [0.15, 0.2) is 11.4 Å². The normalized spacial score (nSPS) is 12.1. The number of carbonyl (C=O) groups is 1. The number of hydrogen-bond donors (Lipinski definition) is 1. The van der Waals surface area contributed by atoms with Gasteiger partial charge in [-0.05, 0) is 61.4 Å². The largest absolute Gasteiger partial charge is 0.486 e. The van der Waals surface area contributed by atoms with Crippen molar-refractivity contribution >= 4 is 21.8 Å². The molecular weight excluding hydrogens is 478 g/mol. The van der Waals surface area contributed by atoms with Crippen LogP contribution in [-0.4, -0.2) is 24.3 Å². The average Bonchev–Trinajstić information content (AvgIpc) is 2.88. The quantitative estimate of drug-likeness (QED) is 0.317. The van der Waals surface area contributed by atoms with Gasteiger partial charge in [-0.25, -0.2) is 9.97 Å². The molecule has 2 heterocycles. The summed E-state index contributed by atoms with van der Waals surface area (Å²) in [5.41, 5.74) is 2.53. The monoisotopic (exact) mass is 503 g/mol. The second-order valence-corrected chi connectivity index (χ2v) is 9.63. The number of pyridine rings is 2. The predicted molar refractivity (Wildman–Crippen MR) is 135 cm³/mol. The van der Waals surface area contributed by atoms with Crippen LogP contribution in [0.15, 0.2) is 96.2 Å². The molecule has 0 saturated carbocycles. The minimum Gasteiger partial charge on any atom is -0.486 e. The fourth-order valence-corrected chi connectivity index (χ4v) is 4.43. The number of nitrogens with one attached hydrogen (secondary N) is 1. The van der Waals surface area contributed by atoms with Gasteiger partial charge in [0.2, 0.25) is 0 Å². The highest BCUT2D eigenvalue weighted by atomic mass is 32.2. The highest BCUT2D eigenvalue weighted by molar-refractivity contribution is 7.86. The van der Waals surface area contributed by atoms with E-state index in [-0.39, 0.29) is 23.0 Å². The Kier molecular flexibility index (Phi) is 7.72. The van der Waals surface area contributed by atoms with E-state index < -0.39 is 22.1 Å². The van der Waals surface area contributed by atoms with Crippen LogP contribution in [0.5, 0.6) is 5.75 Å². The summed E-state index contributed by atoms with van der Waals surface area (Å²) in [6.45, 7) is 3.77. The third kappa shape index (κ3) is 6.32. The number of ether oxygens (including phenoxy) is 1. The van der Waals surface area contributed by atoms with Gasteiger partial charge in [-0.15, -0.1) is 0 Å². The van der Waals surface area contributed by atoms with Crippen molar-refractivity contribution in [1.29, 1.82) is 0 Å². The minimum atomic E-state index is -3.97. The maximum atomic E-state index is 12.9. The molecule has 2 aromatic carbocycles. The number of carbonyl (C=O) groups excluding carboxylic acids is 1. The molecule has 0 spiro atoms. The van der Waals surface area contributed by atoms with Crippen LogP contribution in [-0.2, 0) is 20.9 Å². The fourth-order valence-electron chi connectivity index (χ4n) is 3.36. The molecule has 0 bridgehead atoms. The van der Waals surface area contributed by atoms with Gasteiger partial charge in [-0.1, -0.05) is 48.0 Å². The molecule has 0 aliphatic rings. The zero-order valence-corrected chi connectivity index (χ0v) is 20.6. The van der Waals surface area contributed by atoms with Crippen LogP contribution < -0.4 is 10.1 Å². The minimum absolute atomic E-state index is 0.0701. The van der Waals surface area contributed by atoms with Crippen LogP contribution in [0, 0.1) is 6.92 Å². The van der Waals surface area contributed by atoms with Crippen molar-refractivity contribution in [1.82, 2.24) is 9.97 Å². The number of hydrogen-bond acceptors (Lipinski definition) is 7. The van der Waals surface area contributed by atoms with Crippen molar-refractivity contribution in [2.75, 3.05) is 5.32 Å². The molecule has 2 aromatic heterocycles. The molecule has 1 amide bonds. The highest BCUT2D eigenvalue weighted by Crippen LogP contribution is 2.25. The molecule has 8 nitrogen and oxygen atoms in total. The molecule has 184 valence electrons. The van der Waals surface area contributed by atoms with Crippen LogP contribution in [0.3, 0.4) is 0 Å². The number of rotatable bonds is 9. The zero-order valence-electron chi connectivity index (χ0n) is 19.8. The van der Waals surface area contributed by atoms with E-state index in [1.54, 1.807) is 43.3 Å². The van der Waals surface area contributed by atoms with Crippen molar-refractivity contribution in [3.05, 3.63) is 114 Å². The summed E-state index contributed by atoms with van der Waals surface area (Å²) in [4.78, 5) is 21.4. The molecule has 0 aliphatic heterocycles. The van der Waals surface area contributed by atoms with Crippen molar-refractivity contribution in [3.8, 4) is 5.75 Å². The summed E-state index contributed by atoms with van der Waals surface area (Å²) in [6.07, 6.45) is 2.16. The summed E-state index contributed by atoms with van der Waals surface area (Å²) >= 11 is 0. The highest BCUT2D eigenvalue weighted by Gasteiger charge is 2.21. The van der Waals surface area contributed by atoms with Crippen LogP contribution in [0.25, 0.3) is 0 Å². The predicted octanol–water partition coefficient (Wildman–Crippen LogP) is 5.08. The van der Waals surface area contributed by atoms with Gasteiger partial charge in [0.25, 0.3) is 16.0 Å². The first-order chi connectivity index (χ1) is 17.3. The summed E-state index contributed by atoms with van der Waals surface area (Å²) in [5.74, 6) is 0.0420. The number of benzene rings is 2. The molecule has 1 unspecified atom stereocenters. The van der Waals surface area contributed by atoms with E-state index >= 15 is 0 Å². The van der Waals surface area contributed by atoms with Gasteiger partial charge in [-0.3, -0.25) is 8.98 Å². The second kappa shape index (κ2) is 11.1. The first-order valence-electron chi connectivity index (χ1n) is 11.2. The van der Waals surface area contributed by atoms with E-state index in [0.29, 0.717) is 11.3 Å². The van der Waals surface area contributed by atoms with Crippen molar-refractivity contribution in [3.63, 3.8) is 0 Å². The number of nitrogens with zero attached hydrogens (tertiary/aromatic N) is 2. The number of aromatic nitrogens is 2. The number of amides is 1. The van der Waals surface area contributed by atoms with Gasteiger partial charge in [-0.2, -0.15) is 8.42 Å². The summed E-state index contributed by atoms with van der Waals surface area (Å²) in [6, 6.07) is 22.5. The fraction of sp³-hybridized carbons (Fsp3) is 0.148. The lowest BCUT2D eigenvalue weighted by atomic mass is 10.2. The molecule has 0 aliphatic carbocycles. The molecular formula is C27H25N3O5S. The van der Waals surface area contributed by atoms with Crippen molar-refractivity contribution in [2.45, 2.75) is 31.5 Å². The molecule has 0 radical (unpaired) electrons. The van der Waals surface area contributed by atoms with Gasteiger partial charge in [0, 0.05) is 12.4 Å². The third-order valence-electron chi connectivity index (χ3n) is 5.30. The van der Waals surface area contributed by atoms with Crippen LogP contribution in [0.1, 0.15) is 40.2 Å². The zero-order chi connectivity index (χ0) is 25.5. The molecule has 4 aromatic rings. The first-order valence-corrected chi connectivity index (χ1v) is 12.6. The van der Waals surface area contributed by atoms with Gasteiger partial charge in [0.05, 0.1) is 11.0 Å². The van der Waals surface area contributed by atoms with E-state index in [1.807, 2.05) is 37.3 Å². The Hall–Kier alpha value is -4.08. The summed E-state index contributed by atoms with van der Waals surface area (Å²) in [7, 11) is -3.97. The SMILES string of the molecule is Cc1ccc(S(=O)(=O)OC(C)c2ccnc(NC(=O)c3ncccc3OCc3ccccc3)c2)cc1. The summed E-state index contributed by atoms with van der Waals surface area (Å²) in [5, 5.41) is 2.70. The average molecular weight is 504 g/mol. The Balaban J connectivity index is 1.45. The Morgan fingerprint density at radius 3 is 2.44 bits per heavy atom. The molecule has 1 N–H and O–H groups in total. The Bertz CT molecular complexity index is 1440. The molecule has 36 heavy (non-hydrogen) atoms. The Morgan fingerprint density at radius 2 is 1.69 bits per heavy atom. The molecule has 9 heteroatoms. The Morgan fingerprint density at radius 1 is 0.944 bits per heavy atom. The lowest BCUT2D eigenvalue weighted by molar-refractivity contribution is 0.101. The Labute approximate surface area is 210 Å². The molecule has 0 saturated heterocycles. The maximum Gasteiger partial charge on any atom is 0.297 e. The molecule has 0 fully saturated rings. The van der Waals surface area contributed by atoms with Crippen LogP contribution >= 0.6 is 0 Å². The smallest absolute Gasteiger partial charge is 0.297 e. The van der Waals surface area contributed by atoms with E-state index in [2.05, 4.69) is 15.3 Å². The lowest BCUT2D eigenvalue weighted by Gasteiger charge is -2.15. The van der Waals surface area contributed by atoms with Crippen molar-refractivity contribution < 1.29 is 22.1 Å². The van der Waals surface area contributed by atoms with Gasteiger partial charge >= 0.3 is 0 Å². The number of anilines is 1. The first kappa shape index (κ1) is 25.0. The van der Waals surface area contributed by atoms with Gasteiger partial charge < -0.3 is 10.1 Å². The standard InChI is InChI=1S/C27H25N3O5S/c1-19-10-12-23(13-11-19)36(32,33)35-20(2)22-14-16-28-25(17-22)30-27(31)26-24(9-6-15-29-26)34-18-21-7-4-3-5-8-21/h3-17,20H,18H2,1-2H3,(H,28,30,31). The molecule has 4 rings (SSSR count). The van der Waals surface area contributed by atoms with E-state index in [9.17, 15) is 13.2 Å². The number of aryl methyl sites for hydroxylation is 1. The van der Waals surface area contributed by atoms with Crippen LogP contribution in [0.2, 0.25) is 0 Å². The van der Waals surface area contributed by atoms with Crippen LogP contribution in [0.4, 0.5) is 5.82 Å². The summed E-state index contributed by atoms with van der Waals surface area (Å²) < 4.78 is 36.5. The van der Waals surface area contributed by atoms with E-state index in [4.69, 9.17) is 8.92 Å². The molecule has 1 atom stereocenters. The van der Waals surface area contributed by atoms with E-state index in [0.717, 1.165) is 11.1 Å². The maximum absolute atomic E-state index is 12.9.